The van der Waals surface area contributed by atoms with Gasteiger partial charge in [0, 0.05) is 18.4 Å². The fourth-order valence-corrected chi connectivity index (χ4v) is 4.44. The Kier molecular flexibility index (Phi) is 4.68. The van der Waals surface area contributed by atoms with Crippen LogP contribution in [0.4, 0.5) is 0 Å². The number of halogens is 1. The topological polar surface area (TPSA) is 46.2 Å². The standard InChI is InChI=1S/C17H24ClNO2/c18-14-15(19-10-11-6-2-1-3-7-11)17(21)13-9-5-4-8-12(13)16(14)20/h11-13,19H,1-10H2. The minimum Gasteiger partial charge on any atom is -0.381 e. The molecule has 0 aliphatic heterocycles. The molecule has 3 aliphatic carbocycles. The summed E-state index contributed by atoms with van der Waals surface area (Å²) in [5.74, 6) is 0.413. The fourth-order valence-electron chi connectivity index (χ4n) is 4.14. The quantitative estimate of drug-likeness (QED) is 0.867. The minimum atomic E-state index is -0.154. The highest BCUT2D eigenvalue weighted by Gasteiger charge is 2.43. The Labute approximate surface area is 131 Å². The van der Waals surface area contributed by atoms with E-state index in [9.17, 15) is 9.59 Å². The number of rotatable bonds is 3. The average Bonchev–Trinajstić information content (AvgIpc) is 2.54. The van der Waals surface area contributed by atoms with Crippen molar-refractivity contribution in [1.29, 1.82) is 0 Å². The van der Waals surface area contributed by atoms with Crippen LogP contribution in [0.3, 0.4) is 0 Å². The summed E-state index contributed by atoms with van der Waals surface area (Å²) in [7, 11) is 0. The number of Topliss-reactive ketones (excluding diaryl/α,β-unsaturated/α-hetero) is 2. The van der Waals surface area contributed by atoms with Crippen LogP contribution in [0.5, 0.6) is 0 Å². The van der Waals surface area contributed by atoms with Crippen LogP contribution in [0.1, 0.15) is 57.8 Å². The number of fused-ring (bicyclic) bond motifs is 1. The Balaban J connectivity index is 1.71. The largest absolute Gasteiger partial charge is 0.381 e. The zero-order chi connectivity index (χ0) is 14.8. The predicted molar refractivity (Wildman–Crippen MR) is 82.9 cm³/mol. The van der Waals surface area contributed by atoms with Gasteiger partial charge in [0.05, 0.1) is 0 Å². The number of ketones is 2. The third-order valence-electron chi connectivity index (χ3n) is 5.41. The summed E-state index contributed by atoms with van der Waals surface area (Å²) >= 11 is 6.21. The molecule has 0 aromatic heterocycles. The van der Waals surface area contributed by atoms with Gasteiger partial charge in [-0.15, -0.1) is 0 Å². The van der Waals surface area contributed by atoms with Gasteiger partial charge in [-0.2, -0.15) is 0 Å². The molecule has 3 nitrogen and oxygen atoms in total. The predicted octanol–water partition coefficient (Wildman–Crippen LogP) is 3.56. The van der Waals surface area contributed by atoms with Gasteiger partial charge >= 0.3 is 0 Å². The SMILES string of the molecule is O=C1C(Cl)=C(NCC2CCCCC2)C(=O)C2CCCCC12. The van der Waals surface area contributed by atoms with Crippen molar-refractivity contribution >= 4 is 23.2 Å². The van der Waals surface area contributed by atoms with Gasteiger partial charge in [0.1, 0.15) is 10.7 Å². The highest BCUT2D eigenvalue weighted by molar-refractivity contribution is 6.46. The third kappa shape index (κ3) is 3.03. The molecular weight excluding hydrogens is 286 g/mol. The molecule has 3 rings (SSSR count). The summed E-state index contributed by atoms with van der Waals surface area (Å²) in [5, 5.41) is 3.40. The highest BCUT2D eigenvalue weighted by Crippen LogP contribution is 2.39. The summed E-state index contributed by atoms with van der Waals surface area (Å²) < 4.78 is 0. The molecule has 2 atom stereocenters. The highest BCUT2D eigenvalue weighted by atomic mass is 35.5. The smallest absolute Gasteiger partial charge is 0.184 e. The van der Waals surface area contributed by atoms with Crippen molar-refractivity contribution in [2.45, 2.75) is 57.8 Å². The van der Waals surface area contributed by atoms with Crippen LogP contribution >= 0.6 is 11.6 Å². The molecule has 21 heavy (non-hydrogen) atoms. The Hall–Kier alpha value is -0.830. The second kappa shape index (κ2) is 6.51. The molecule has 0 aromatic carbocycles. The molecule has 2 saturated carbocycles. The van der Waals surface area contributed by atoms with E-state index in [1.807, 2.05) is 0 Å². The van der Waals surface area contributed by atoms with E-state index >= 15 is 0 Å². The van der Waals surface area contributed by atoms with E-state index in [1.54, 1.807) is 0 Å². The van der Waals surface area contributed by atoms with Gasteiger partial charge in [0.15, 0.2) is 11.6 Å². The molecule has 0 bridgehead atoms. The maximum atomic E-state index is 12.6. The molecule has 0 spiro atoms. The number of hydrogen-bond acceptors (Lipinski definition) is 3. The van der Waals surface area contributed by atoms with Gasteiger partial charge in [-0.1, -0.05) is 43.7 Å². The molecule has 0 radical (unpaired) electrons. The molecular formula is C17H24ClNO2. The van der Waals surface area contributed by atoms with Gasteiger partial charge in [0.2, 0.25) is 0 Å². The second-order valence-corrected chi connectivity index (χ2v) is 7.18. The zero-order valence-electron chi connectivity index (χ0n) is 12.5. The molecule has 0 heterocycles. The maximum absolute atomic E-state index is 12.6. The van der Waals surface area contributed by atoms with E-state index in [1.165, 1.54) is 32.1 Å². The second-order valence-electron chi connectivity index (χ2n) is 6.80. The van der Waals surface area contributed by atoms with Gasteiger partial charge in [-0.25, -0.2) is 0 Å². The monoisotopic (exact) mass is 309 g/mol. The summed E-state index contributed by atoms with van der Waals surface area (Å²) in [6.07, 6.45) is 10.0. The fraction of sp³-hybridized carbons (Fsp3) is 0.765. The van der Waals surface area contributed by atoms with Crippen molar-refractivity contribution in [2.24, 2.45) is 17.8 Å². The lowest BCUT2D eigenvalue weighted by molar-refractivity contribution is -0.132. The van der Waals surface area contributed by atoms with Crippen LogP contribution in [0.15, 0.2) is 10.7 Å². The van der Waals surface area contributed by atoms with Crippen molar-refractivity contribution in [2.75, 3.05) is 6.54 Å². The van der Waals surface area contributed by atoms with Crippen molar-refractivity contribution in [3.63, 3.8) is 0 Å². The lowest BCUT2D eigenvalue weighted by Crippen LogP contribution is -2.43. The molecule has 4 heteroatoms. The maximum Gasteiger partial charge on any atom is 0.184 e. The van der Waals surface area contributed by atoms with E-state index in [4.69, 9.17) is 11.6 Å². The first-order chi connectivity index (χ1) is 10.2. The molecule has 0 amide bonds. The molecule has 3 aliphatic rings. The molecule has 2 unspecified atom stereocenters. The van der Waals surface area contributed by atoms with Gasteiger partial charge in [-0.3, -0.25) is 9.59 Å². The Morgan fingerprint density at radius 3 is 2.10 bits per heavy atom. The van der Waals surface area contributed by atoms with Gasteiger partial charge in [-0.05, 0) is 31.6 Å². The minimum absolute atomic E-state index is 0.00730. The van der Waals surface area contributed by atoms with Crippen LogP contribution in [0.25, 0.3) is 0 Å². The average molecular weight is 310 g/mol. The van der Waals surface area contributed by atoms with Crippen LogP contribution < -0.4 is 5.32 Å². The third-order valence-corrected chi connectivity index (χ3v) is 5.79. The van der Waals surface area contributed by atoms with E-state index in [0.717, 1.165) is 32.2 Å². The molecule has 0 saturated heterocycles. The summed E-state index contributed by atoms with van der Waals surface area (Å²) in [5.41, 5.74) is 0.412. The van der Waals surface area contributed by atoms with E-state index in [-0.39, 0.29) is 28.4 Å². The number of hydrogen-bond donors (Lipinski definition) is 1. The number of carbonyl (C=O) groups excluding carboxylic acids is 2. The molecule has 116 valence electrons. The molecule has 0 aromatic rings. The van der Waals surface area contributed by atoms with E-state index in [2.05, 4.69) is 5.32 Å². The number of allylic oxidation sites excluding steroid dienone is 2. The molecule has 1 N–H and O–H groups in total. The first-order valence-corrected chi connectivity index (χ1v) is 8.78. The van der Waals surface area contributed by atoms with Gasteiger partial charge < -0.3 is 5.32 Å². The Morgan fingerprint density at radius 2 is 1.43 bits per heavy atom. The van der Waals surface area contributed by atoms with Crippen molar-refractivity contribution in [3.8, 4) is 0 Å². The number of nitrogens with one attached hydrogen (secondary N) is 1. The first-order valence-electron chi connectivity index (χ1n) is 8.40. The summed E-state index contributed by atoms with van der Waals surface area (Å²) in [6.45, 7) is 0.780. The normalized spacial score (nSPS) is 31.3. The summed E-state index contributed by atoms with van der Waals surface area (Å²) in [6, 6.07) is 0. The molecule has 2 fully saturated rings. The lowest BCUT2D eigenvalue weighted by atomic mass is 9.71. The number of carbonyl (C=O) groups is 2. The van der Waals surface area contributed by atoms with Crippen LogP contribution in [-0.2, 0) is 9.59 Å². The van der Waals surface area contributed by atoms with Crippen LogP contribution in [-0.4, -0.2) is 18.1 Å². The van der Waals surface area contributed by atoms with Crippen molar-refractivity contribution in [1.82, 2.24) is 5.32 Å². The first kappa shape index (κ1) is 15.1. The lowest BCUT2D eigenvalue weighted by Gasteiger charge is -2.34. The Bertz CT molecular complexity index is 465. The Morgan fingerprint density at radius 1 is 0.857 bits per heavy atom. The van der Waals surface area contributed by atoms with Crippen LogP contribution in [0, 0.1) is 17.8 Å². The van der Waals surface area contributed by atoms with E-state index in [0.29, 0.717) is 11.6 Å². The van der Waals surface area contributed by atoms with Crippen molar-refractivity contribution < 1.29 is 9.59 Å². The van der Waals surface area contributed by atoms with Gasteiger partial charge in [0.25, 0.3) is 0 Å². The zero-order valence-corrected chi connectivity index (χ0v) is 13.3. The van der Waals surface area contributed by atoms with Crippen LogP contribution in [0.2, 0.25) is 0 Å². The van der Waals surface area contributed by atoms with E-state index < -0.39 is 0 Å². The summed E-state index contributed by atoms with van der Waals surface area (Å²) in [4.78, 5) is 25.0. The van der Waals surface area contributed by atoms with Crippen molar-refractivity contribution in [3.05, 3.63) is 10.7 Å².